The lowest BCUT2D eigenvalue weighted by Gasteiger charge is -2.26. The number of aryl methyl sites for hydroxylation is 1. The fraction of sp³-hybridized carbons (Fsp3) is 0.368. The number of aromatic nitrogens is 3. The van der Waals surface area contributed by atoms with Crippen molar-refractivity contribution in [1.29, 1.82) is 0 Å². The number of rotatable bonds is 5. The molecule has 0 aliphatic carbocycles. The highest BCUT2D eigenvalue weighted by atomic mass is 16.5. The smallest absolute Gasteiger partial charge is 0.213 e. The zero-order valence-electron chi connectivity index (χ0n) is 14.5. The van der Waals surface area contributed by atoms with Crippen LogP contribution in [-0.4, -0.2) is 34.8 Å². The molecule has 3 heterocycles. The van der Waals surface area contributed by atoms with E-state index in [2.05, 4.69) is 40.0 Å². The molecule has 6 nitrogen and oxygen atoms in total. The molecule has 1 aliphatic rings. The van der Waals surface area contributed by atoms with Gasteiger partial charge in [-0.15, -0.1) is 0 Å². The Kier molecular flexibility index (Phi) is 4.38. The van der Waals surface area contributed by atoms with Crippen molar-refractivity contribution in [3.05, 3.63) is 53.5 Å². The molecule has 0 bridgehead atoms. The molecule has 3 aromatic rings. The lowest BCUT2D eigenvalue weighted by atomic mass is 10.2. The largest absolute Gasteiger partial charge is 0.481 e. The molecule has 1 aliphatic heterocycles. The van der Waals surface area contributed by atoms with Gasteiger partial charge in [0.2, 0.25) is 5.88 Å². The highest BCUT2D eigenvalue weighted by Gasteiger charge is 2.23. The van der Waals surface area contributed by atoms with E-state index in [1.54, 1.807) is 7.11 Å². The van der Waals surface area contributed by atoms with E-state index in [0.29, 0.717) is 25.6 Å². The van der Waals surface area contributed by atoms with Gasteiger partial charge in [-0.2, -0.15) is 0 Å². The molecule has 1 atom stereocenters. The second-order valence-electron chi connectivity index (χ2n) is 6.36. The van der Waals surface area contributed by atoms with E-state index in [4.69, 9.17) is 14.5 Å². The summed E-state index contributed by atoms with van der Waals surface area (Å²) < 4.78 is 13.2. The molecule has 0 fully saturated rings. The fourth-order valence-electron chi connectivity index (χ4n) is 3.31. The first kappa shape index (κ1) is 16.1. The summed E-state index contributed by atoms with van der Waals surface area (Å²) in [4.78, 5) is 9.15. The topological polar surface area (TPSA) is 61.2 Å². The van der Waals surface area contributed by atoms with Gasteiger partial charge in [-0.25, -0.2) is 9.97 Å². The Labute approximate surface area is 146 Å². The summed E-state index contributed by atoms with van der Waals surface area (Å²) in [6, 6.07) is 12.4. The standard InChI is InChI=1S/C19H22N4O2/c1-13-6-7-16-17(8-13)23-15(11-25-12-18(23)22-16)10-20-9-14-4-3-5-19(21-14)24-2/h3-8,15,20H,9-12H2,1-2H3. The van der Waals surface area contributed by atoms with Crippen molar-refractivity contribution in [2.45, 2.75) is 26.1 Å². The molecule has 1 aromatic carbocycles. The molecule has 0 amide bonds. The molecule has 130 valence electrons. The summed E-state index contributed by atoms with van der Waals surface area (Å²) in [6.45, 7) is 4.85. The Hall–Kier alpha value is -2.44. The lowest BCUT2D eigenvalue weighted by molar-refractivity contribution is 0.0563. The molecule has 0 spiro atoms. The predicted octanol–water partition coefficient (Wildman–Crippen LogP) is 2.61. The summed E-state index contributed by atoms with van der Waals surface area (Å²) in [5.74, 6) is 1.64. The quantitative estimate of drug-likeness (QED) is 0.775. The minimum absolute atomic E-state index is 0.223. The van der Waals surface area contributed by atoms with Crippen molar-refractivity contribution in [3.8, 4) is 5.88 Å². The van der Waals surface area contributed by atoms with Gasteiger partial charge < -0.3 is 19.4 Å². The van der Waals surface area contributed by atoms with E-state index >= 15 is 0 Å². The number of fused-ring (bicyclic) bond motifs is 3. The number of nitrogens with zero attached hydrogens (tertiary/aromatic N) is 3. The van der Waals surface area contributed by atoms with E-state index in [1.165, 1.54) is 11.1 Å². The van der Waals surface area contributed by atoms with Crippen LogP contribution < -0.4 is 10.1 Å². The van der Waals surface area contributed by atoms with Crippen molar-refractivity contribution in [2.75, 3.05) is 20.3 Å². The second-order valence-corrected chi connectivity index (χ2v) is 6.36. The first-order valence-corrected chi connectivity index (χ1v) is 8.50. The molecule has 0 radical (unpaired) electrons. The summed E-state index contributed by atoms with van der Waals surface area (Å²) in [5, 5.41) is 3.49. The van der Waals surface area contributed by atoms with E-state index < -0.39 is 0 Å². The Balaban J connectivity index is 1.51. The molecule has 2 aromatic heterocycles. The summed E-state index contributed by atoms with van der Waals surface area (Å²) in [5.41, 5.74) is 4.42. The monoisotopic (exact) mass is 338 g/mol. The summed E-state index contributed by atoms with van der Waals surface area (Å²) >= 11 is 0. The van der Waals surface area contributed by atoms with Crippen LogP contribution in [0, 0.1) is 6.92 Å². The molecule has 4 rings (SSSR count). The predicted molar refractivity (Wildman–Crippen MR) is 95.7 cm³/mol. The van der Waals surface area contributed by atoms with Gasteiger partial charge in [0, 0.05) is 19.2 Å². The highest BCUT2D eigenvalue weighted by molar-refractivity contribution is 5.77. The Morgan fingerprint density at radius 1 is 1.28 bits per heavy atom. The van der Waals surface area contributed by atoms with Crippen molar-refractivity contribution in [3.63, 3.8) is 0 Å². The number of pyridine rings is 1. The third-order valence-corrected chi connectivity index (χ3v) is 4.50. The molecule has 0 saturated heterocycles. The number of nitrogens with one attached hydrogen (secondary N) is 1. The number of imidazole rings is 1. The van der Waals surface area contributed by atoms with Gasteiger partial charge in [0.05, 0.1) is 36.5 Å². The van der Waals surface area contributed by atoms with Crippen LogP contribution in [0.4, 0.5) is 0 Å². The minimum Gasteiger partial charge on any atom is -0.481 e. The summed E-state index contributed by atoms with van der Waals surface area (Å²) in [7, 11) is 1.63. The molecule has 1 unspecified atom stereocenters. The van der Waals surface area contributed by atoms with Gasteiger partial charge in [-0.3, -0.25) is 0 Å². The SMILES string of the molecule is COc1cccc(CNCC2COCc3nc4ccc(C)cc4n32)n1. The maximum Gasteiger partial charge on any atom is 0.213 e. The van der Waals surface area contributed by atoms with Crippen LogP contribution in [-0.2, 0) is 17.9 Å². The minimum atomic E-state index is 0.223. The van der Waals surface area contributed by atoms with Crippen molar-refractivity contribution in [2.24, 2.45) is 0 Å². The molecule has 1 N–H and O–H groups in total. The normalized spacial score (nSPS) is 16.8. The van der Waals surface area contributed by atoms with Crippen LogP contribution in [0.5, 0.6) is 5.88 Å². The van der Waals surface area contributed by atoms with Crippen molar-refractivity contribution >= 4 is 11.0 Å². The van der Waals surface area contributed by atoms with Crippen LogP contribution in [0.25, 0.3) is 11.0 Å². The number of methoxy groups -OCH3 is 1. The molecular formula is C19H22N4O2. The number of hydrogen-bond acceptors (Lipinski definition) is 5. The van der Waals surface area contributed by atoms with Crippen LogP contribution in [0.3, 0.4) is 0 Å². The molecule has 0 saturated carbocycles. The van der Waals surface area contributed by atoms with Crippen LogP contribution in [0.2, 0.25) is 0 Å². The first-order chi connectivity index (χ1) is 12.2. The Morgan fingerprint density at radius 3 is 3.08 bits per heavy atom. The molecule has 25 heavy (non-hydrogen) atoms. The van der Waals surface area contributed by atoms with E-state index in [9.17, 15) is 0 Å². The van der Waals surface area contributed by atoms with Gasteiger partial charge >= 0.3 is 0 Å². The first-order valence-electron chi connectivity index (χ1n) is 8.50. The zero-order chi connectivity index (χ0) is 17.2. The lowest BCUT2D eigenvalue weighted by Crippen LogP contribution is -2.32. The molecule has 6 heteroatoms. The number of hydrogen-bond donors (Lipinski definition) is 1. The maximum atomic E-state index is 5.75. The number of ether oxygens (including phenoxy) is 2. The average molecular weight is 338 g/mol. The molecular weight excluding hydrogens is 316 g/mol. The van der Waals surface area contributed by atoms with Crippen molar-refractivity contribution in [1.82, 2.24) is 19.9 Å². The Morgan fingerprint density at radius 2 is 2.20 bits per heavy atom. The van der Waals surface area contributed by atoms with Gasteiger partial charge in [0.1, 0.15) is 12.4 Å². The van der Waals surface area contributed by atoms with Gasteiger partial charge in [-0.1, -0.05) is 12.1 Å². The fourth-order valence-corrected chi connectivity index (χ4v) is 3.31. The zero-order valence-corrected chi connectivity index (χ0v) is 14.5. The van der Waals surface area contributed by atoms with E-state index in [-0.39, 0.29) is 6.04 Å². The van der Waals surface area contributed by atoms with E-state index in [1.807, 2.05) is 18.2 Å². The van der Waals surface area contributed by atoms with Gasteiger partial charge in [-0.05, 0) is 30.7 Å². The van der Waals surface area contributed by atoms with Gasteiger partial charge in [0.25, 0.3) is 0 Å². The van der Waals surface area contributed by atoms with Gasteiger partial charge in [0.15, 0.2) is 0 Å². The van der Waals surface area contributed by atoms with Crippen LogP contribution >= 0.6 is 0 Å². The average Bonchev–Trinajstić information content (AvgIpc) is 3.00. The Bertz CT molecular complexity index is 890. The third kappa shape index (κ3) is 3.23. The summed E-state index contributed by atoms with van der Waals surface area (Å²) in [6.07, 6.45) is 0. The third-order valence-electron chi connectivity index (χ3n) is 4.50. The van der Waals surface area contributed by atoms with Crippen LogP contribution in [0.15, 0.2) is 36.4 Å². The second kappa shape index (κ2) is 6.82. The van der Waals surface area contributed by atoms with E-state index in [0.717, 1.165) is 23.6 Å². The maximum absolute atomic E-state index is 5.75. The van der Waals surface area contributed by atoms with Crippen molar-refractivity contribution < 1.29 is 9.47 Å². The number of benzene rings is 1. The highest BCUT2D eigenvalue weighted by Crippen LogP contribution is 2.26. The van der Waals surface area contributed by atoms with Crippen LogP contribution in [0.1, 0.15) is 23.1 Å².